The average Bonchev–Trinajstić information content (AvgIpc) is 3.16. The molecule has 0 atom stereocenters. The van der Waals surface area contributed by atoms with E-state index in [1.165, 1.54) is 6.07 Å². The van der Waals surface area contributed by atoms with E-state index in [4.69, 9.17) is 0 Å². The van der Waals surface area contributed by atoms with Crippen molar-refractivity contribution in [2.45, 2.75) is 6.18 Å². The molecular weight excluding hydrogens is 423 g/mol. The number of para-hydroxylation sites is 1. The van der Waals surface area contributed by atoms with E-state index in [-0.39, 0.29) is 5.56 Å². The van der Waals surface area contributed by atoms with E-state index in [1.807, 2.05) is 24.3 Å². The molecule has 158 valence electrons. The summed E-state index contributed by atoms with van der Waals surface area (Å²) in [6.45, 7) is 0. The largest absolute Gasteiger partial charge is 0.416 e. The molecule has 1 heterocycles. The van der Waals surface area contributed by atoms with Gasteiger partial charge >= 0.3 is 6.18 Å². The number of fused-ring (bicyclic) bond motifs is 3. The summed E-state index contributed by atoms with van der Waals surface area (Å²) in [5, 5.41) is 21.3. The third kappa shape index (κ3) is 3.21. The second-order valence-corrected chi connectivity index (χ2v) is 7.55. The van der Waals surface area contributed by atoms with Crippen molar-refractivity contribution in [1.82, 2.24) is 4.57 Å². The van der Waals surface area contributed by atoms with Gasteiger partial charge in [-0.15, -0.1) is 0 Å². The lowest BCUT2D eigenvalue weighted by atomic mass is 9.94. The maximum absolute atomic E-state index is 13.5. The van der Waals surface area contributed by atoms with E-state index in [9.17, 15) is 23.7 Å². The lowest BCUT2D eigenvalue weighted by Gasteiger charge is -2.15. The second kappa shape index (κ2) is 7.55. The second-order valence-electron chi connectivity index (χ2n) is 7.55. The number of benzene rings is 4. The van der Waals surface area contributed by atoms with Gasteiger partial charge in [0, 0.05) is 16.3 Å². The minimum Gasteiger partial charge on any atom is -0.308 e. The molecule has 0 saturated carbocycles. The zero-order chi connectivity index (χ0) is 23.2. The fraction of sp³-hybridized carbons (Fsp3) is 0.0370. The van der Waals surface area contributed by atoms with Crippen molar-refractivity contribution in [3.05, 3.63) is 102 Å². The number of alkyl halides is 3. The van der Waals surface area contributed by atoms with Gasteiger partial charge in [0.1, 0.15) is 6.07 Å². The summed E-state index contributed by atoms with van der Waals surface area (Å²) in [6, 6.07) is 27.5. The molecule has 0 bridgehead atoms. The van der Waals surface area contributed by atoms with Gasteiger partial charge in [-0.1, -0.05) is 54.6 Å². The molecule has 33 heavy (non-hydrogen) atoms. The van der Waals surface area contributed by atoms with Crippen LogP contribution >= 0.6 is 0 Å². The van der Waals surface area contributed by atoms with Crippen LogP contribution in [0.25, 0.3) is 38.6 Å². The van der Waals surface area contributed by atoms with Crippen LogP contribution in [0.15, 0.2) is 84.9 Å². The molecule has 0 spiro atoms. The van der Waals surface area contributed by atoms with Gasteiger partial charge in [0.05, 0.1) is 39.5 Å². The highest BCUT2D eigenvalue weighted by Crippen LogP contribution is 2.39. The number of halogens is 3. The molecule has 0 N–H and O–H groups in total. The predicted molar refractivity (Wildman–Crippen MR) is 121 cm³/mol. The first-order chi connectivity index (χ1) is 15.9. The number of hydrogen-bond donors (Lipinski definition) is 0. The maximum Gasteiger partial charge on any atom is 0.416 e. The highest BCUT2D eigenvalue weighted by molar-refractivity contribution is 6.09. The molecule has 5 rings (SSSR count). The standard InChI is InChI=1S/C27H14F3N3/c28-27(29,30)19-11-12-21-20-8-4-5-9-23(20)33(25(21)14-19)24-13-10-18(15-31)26(22(24)16-32)17-6-2-1-3-7-17/h1-14H. The molecular formula is C27H14F3N3. The van der Waals surface area contributed by atoms with E-state index in [1.54, 1.807) is 47.0 Å². The van der Waals surface area contributed by atoms with Crippen LogP contribution in [0.3, 0.4) is 0 Å². The van der Waals surface area contributed by atoms with Crippen LogP contribution in [0.4, 0.5) is 13.2 Å². The molecule has 3 nitrogen and oxygen atoms in total. The molecule has 1 aromatic heterocycles. The fourth-order valence-electron chi connectivity index (χ4n) is 4.30. The Balaban J connectivity index is 1.94. The minimum absolute atomic E-state index is 0.223. The van der Waals surface area contributed by atoms with E-state index in [2.05, 4.69) is 12.1 Å². The number of aromatic nitrogens is 1. The third-order valence-corrected chi connectivity index (χ3v) is 5.72. The number of nitrogens with zero attached hydrogens (tertiary/aromatic N) is 3. The summed E-state index contributed by atoms with van der Waals surface area (Å²) >= 11 is 0. The summed E-state index contributed by atoms with van der Waals surface area (Å²) in [7, 11) is 0. The van der Waals surface area contributed by atoms with Gasteiger partial charge in [-0.25, -0.2) is 0 Å². The summed E-state index contributed by atoms with van der Waals surface area (Å²) in [4.78, 5) is 0. The van der Waals surface area contributed by atoms with E-state index in [0.717, 1.165) is 17.5 Å². The van der Waals surface area contributed by atoms with Crippen molar-refractivity contribution in [3.63, 3.8) is 0 Å². The summed E-state index contributed by atoms with van der Waals surface area (Å²) in [5.41, 5.74) is 2.34. The molecule has 0 fully saturated rings. The zero-order valence-electron chi connectivity index (χ0n) is 17.1. The summed E-state index contributed by atoms with van der Waals surface area (Å²) < 4.78 is 42.3. The van der Waals surface area contributed by atoms with Gasteiger partial charge in [-0.05, 0) is 35.9 Å². The Kier molecular flexibility index (Phi) is 4.65. The Morgan fingerprint density at radius 3 is 2.09 bits per heavy atom. The van der Waals surface area contributed by atoms with Gasteiger partial charge in [-0.2, -0.15) is 23.7 Å². The molecule has 6 heteroatoms. The normalized spacial score (nSPS) is 11.4. The SMILES string of the molecule is N#Cc1ccc(-n2c3ccccc3c3ccc(C(F)(F)F)cc32)c(C#N)c1-c1ccccc1. The highest BCUT2D eigenvalue weighted by atomic mass is 19.4. The first kappa shape index (κ1) is 20.4. The predicted octanol–water partition coefficient (Wildman–Crippen LogP) is 7.21. The van der Waals surface area contributed by atoms with Gasteiger partial charge in [0.15, 0.2) is 0 Å². The van der Waals surface area contributed by atoms with Gasteiger partial charge in [0.25, 0.3) is 0 Å². The van der Waals surface area contributed by atoms with Crippen molar-refractivity contribution in [2.75, 3.05) is 0 Å². The van der Waals surface area contributed by atoms with Gasteiger partial charge in [0.2, 0.25) is 0 Å². The van der Waals surface area contributed by atoms with Crippen LogP contribution in [-0.4, -0.2) is 4.57 Å². The van der Waals surface area contributed by atoms with Gasteiger partial charge < -0.3 is 4.57 Å². The Hall–Kier alpha value is -4.55. The smallest absolute Gasteiger partial charge is 0.308 e. The van der Waals surface area contributed by atoms with Crippen LogP contribution in [-0.2, 0) is 6.18 Å². The van der Waals surface area contributed by atoms with E-state index >= 15 is 0 Å². The first-order valence-electron chi connectivity index (χ1n) is 10.1. The van der Waals surface area contributed by atoms with Crippen molar-refractivity contribution in [2.24, 2.45) is 0 Å². The van der Waals surface area contributed by atoms with Gasteiger partial charge in [-0.3, -0.25) is 0 Å². The number of hydrogen-bond acceptors (Lipinski definition) is 2. The van der Waals surface area contributed by atoms with Crippen molar-refractivity contribution in [3.8, 4) is 29.0 Å². The van der Waals surface area contributed by atoms with Crippen molar-refractivity contribution in [1.29, 1.82) is 10.5 Å². The van der Waals surface area contributed by atoms with Crippen LogP contribution in [0, 0.1) is 22.7 Å². The van der Waals surface area contributed by atoms with Crippen LogP contribution < -0.4 is 0 Å². The topological polar surface area (TPSA) is 52.5 Å². The zero-order valence-corrected chi connectivity index (χ0v) is 17.1. The molecule has 0 aliphatic heterocycles. The number of rotatable bonds is 2. The van der Waals surface area contributed by atoms with Crippen LogP contribution in [0.5, 0.6) is 0 Å². The maximum atomic E-state index is 13.5. The lowest BCUT2D eigenvalue weighted by Crippen LogP contribution is -2.05. The summed E-state index contributed by atoms with van der Waals surface area (Å²) in [5.74, 6) is 0. The average molecular weight is 437 g/mol. The molecule has 0 radical (unpaired) electrons. The van der Waals surface area contributed by atoms with Crippen LogP contribution in [0.1, 0.15) is 16.7 Å². The molecule has 4 aromatic carbocycles. The lowest BCUT2D eigenvalue weighted by molar-refractivity contribution is -0.137. The number of nitriles is 2. The van der Waals surface area contributed by atoms with Crippen molar-refractivity contribution >= 4 is 21.8 Å². The molecule has 0 saturated heterocycles. The molecule has 0 aliphatic carbocycles. The Morgan fingerprint density at radius 2 is 1.39 bits per heavy atom. The monoisotopic (exact) mass is 437 g/mol. The molecule has 0 aliphatic rings. The Labute approximate surface area is 187 Å². The molecule has 0 unspecified atom stereocenters. The van der Waals surface area contributed by atoms with Crippen molar-refractivity contribution < 1.29 is 13.2 Å². The summed E-state index contributed by atoms with van der Waals surface area (Å²) in [6.07, 6.45) is -4.51. The van der Waals surface area contributed by atoms with E-state index < -0.39 is 11.7 Å². The first-order valence-corrected chi connectivity index (χ1v) is 10.1. The fourth-order valence-corrected chi connectivity index (χ4v) is 4.30. The highest BCUT2D eigenvalue weighted by Gasteiger charge is 2.31. The van der Waals surface area contributed by atoms with E-state index in [0.29, 0.717) is 38.8 Å². The quantitative estimate of drug-likeness (QED) is 0.293. The Morgan fingerprint density at radius 1 is 0.697 bits per heavy atom. The Bertz CT molecular complexity index is 1620. The van der Waals surface area contributed by atoms with Crippen LogP contribution in [0.2, 0.25) is 0 Å². The molecule has 0 amide bonds. The third-order valence-electron chi connectivity index (χ3n) is 5.72. The molecule has 5 aromatic rings. The minimum atomic E-state index is -4.51.